The number of β-amino-alcohol motifs (C(OH)–C–C–N with tert-alkyl or cyclic N) is 1. The third-order valence-corrected chi connectivity index (χ3v) is 6.81. The lowest BCUT2D eigenvalue weighted by Gasteiger charge is -2.27. The minimum atomic E-state index is -3.64. The molecule has 0 bridgehead atoms. The molecular weight excluding hydrogens is 348 g/mol. The van der Waals surface area contributed by atoms with E-state index in [1.165, 1.54) is 4.31 Å². The Labute approximate surface area is 155 Å². The molecule has 1 aliphatic rings. The first-order chi connectivity index (χ1) is 12.4. The fourth-order valence-electron chi connectivity index (χ4n) is 3.49. The standard InChI is InChI=1S/C20H26N2O3S/c1-15-11-17-9-5-6-10-20(17)26(24,25)22(13-15)14-19(23)18(21)12-16-7-3-2-4-8-16/h2-10,15,18-19,23H,11-14,21H2,1H3/t15-,18+,19-/m1/s1. The van der Waals surface area contributed by atoms with Crippen LogP contribution in [0.2, 0.25) is 0 Å². The Morgan fingerprint density at radius 2 is 1.81 bits per heavy atom. The van der Waals surface area contributed by atoms with Gasteiger partial charge in [-0.25, -0.2) is 8.42 Å². The SMILES string of the molecule is C[C@@H]1Cc2ccccc2S(=O)(=O)N(C[C@@H](O)[C@@H](N)Cc2ccccc2)C1. The number of aliphatic hydroxyl groups is 1. The number of hydrogen-bond donors (Lipinski definition) is 2. The van der Waals surface area contributed by atoms with Gasteiger partial charge in [0.25, 0.3) is 0 Å². The average molecular weight is 375 g/mol. The zero-order valence-electron chi connectivity index (χ0n) is 15.0. The first-order valence-electron chi connectivity index (χ1n) is 8.93. The van der Waals surface area contributed by atoms with Crippen molar-refractivity contribution in [2.45, 2.75) is 36.8 Å². The molecule has 0 unspecified atom stereocenters. The fraction of sp³-hybridized carbons (Fsp3) is 0.400. The van der Waals surface area contributed by atoms with Crippen molar-refractivity contribution in [3.8, 4) is 0 Å². The lowest BCUT2D eigenvalue weighted by molar-refractivity contribution is 0.116. The number of benzene rings is 2. The van der Waals surface area contributed by atoms with Gasteiger partial charge in [-0.3, -0.25) is 0 Å². The normalized spacial score (nSPS) is 22.2. The van der Waals surface area contributed by atoms with Gasteiger partial charge < -0.3 is 10.8 Å². The molecule has 0 saturated heterocycles. The summed E-state index contributed by atoms with van der Waals surface area (Å²) in [5.41, 5.74) is 8.01. The molecule has 140 valence electrons. The van der Waals surface area contributed by atoms with Crippen LogP contribution in [-0.4, -0.2) is 43.1 Å². The summed E-state index contributed by atoms with van der Waals surface area (Å²) in [4.78, 5) is 0.341. The summed E-state index contributed by atoms with van der Waals surface area (Å²) in [6.45, 7) is 2.42. The maximum Gasteiger partial charge on any atom is 0.243 e. The molecule has 0 spiro atoms. The Balaban J connectivity index is 1.77. The number of sulfonamides is 1. The van der Waals surface area contributed by atoms with Gasteiger partial charge in [0.1, 0.15) is 0 Å². The summed E-state index contributed by atoms with van der Waals surface area (Å²) in [5.74, 6) is 0.172. The summed E-state index contributed by atoms with van der Waals surface area (Å²) < 4.78 is 27.5. The molecule has 5 nitrogen and oxygen atoms in total. The van der Waals surface area contributed by atoms with E-state index in [9.17, 15) is 13.5 Å². The molecule has 0 amide bonds. The molecule has 26 heavy (non-hydrogen) atoms. The number of rotatable bonds is 5. The molecule has 0 fully saturated rings. The van der Waals surface area contributed by atoms with E-state index >= 15 is 0 Å². The molecule has 2 aromatic carbocycles. The fourth-order valence-corrected chi connectivity index (χ4v) is 5.30. The second-order valence-electron chi connectivity index (χ2n) is 7.16. The van der Waals surface area contributed by atoms with Crippen molar-refractivity contribution in [3.05, 3.63) is 65.7 Å². The molecule has 3 atom stereocenters. The van der Waals surface area contributed by atoms with E-state index in [0.29, 0.717) is 24.3 Å². The van der Waals surface area contributed by atoms with E-state index in [0.717, 1.165) is 11.1 Å². The lowest BCUT2D eigenvalue weighted by atomic mass is 10.00. The second kappa shape index (κ2) is 7.88. The molecule has 0 saturated carbocycles. The van der Waals surface area contributed by atoms with Crippen molar-refractivity contribution >= 4 is 10.0 Å². The van der Waals surface area contributed by atoms with E-state index in [2.05, 4.69) is 0 Å². The van der Waals surface area contributed by atoms with Crippen molar-refractivity contribution in [3.63, 3.8) is 0 Å². The molecule has 6 heteroatoms. The topological polar surface area (TPSA) is 83.6 Å². The molecule has 3 rings (SSSR count). The van der Waals surface area contributed by atoms with Crippen LogP contribution in [-0.2, 0) is 22.9 Å². The minimum absolute atomic E-state index is 0.00894. The minimum Gasteiger partial charge on any atom is -0.390 e. The van der Waals surface area contributed by atoms with Crippen LogP contribution in [0.25, 0.3) is 0 Å². The molecule has 3 N–H and O–H groups in total. The zero-order chi connectivity index (χ0) is 18.7. The zero-order valence-corrected chi connectivity index (χ0v) is 15.8. The first-order valence-corrected chi connectivity index (χ1v) is 10.4. The van der Waals surface area contributed by atoms with Gasteiger partial charge in [0.15, 0.2) is 0 Å². The Bertz CT molecular complexity index is 839. The largest absolute Gasteiger partial charge is 0.390 e. The van der Waals surface area contributed by atoms with Gasteiger partial charge in [-0.05, 0) is 36.0 Å². The van der Waals surface area contributed by atoms with Gasteiger partial charge in [-0.15, -0.1) is 0 Å². The van der Waals surface area contributed by atoms with Crippen LogP contribution >= 0.6 is 0 Å². The van der Waals surface area contributed by atoms with Crippen molar-refractivity contribution in [1.82, 2.24) is 4.31 Å². The second-order valence-corrected chi connectivity index (χ2v) is 9.07. The Hall–Kier alpha value is -1.73. The number of nitrogens with zero attached hydrogens (tertiary/aromatic N) is 1. The number of hydrogen-bond acceptors (Lipinski definition) is 4. The highest BCUT2D eigenvalue weighted by Crippen LogP contribution is 2.28. The Morgan fingerprint density at radius 3 is 2.54 bits per heavy atom. The third kappa shape index (κ3) is 4.15. The predicted molar refractivity (Wildman–Crippen MR) is 102 cm³/mol. The van der Waals surface area contributed by atoms with Crippen LogP contribution in [0.15, 0.2) is 59.5 Å². The van der Waals surface area contributed by atoms with Crippen molar-refractivity contribution in [2.75, 3.05) is 13.1 Å². The van der Waals surface area contributed by atoms with E-state index in [1.807, 2.05) is 49.4 Å². The molecule has 1 aliphatic heterocycles. The van der Waals surface area contributed by atoms with Crippen LogP contribution in [0.5, 0.6) is 0 Å². The molecule has 2 aromatic rings. The third-order valence-electron chi connectivity index (χ3n) is 4.87. The highest BCUT2D eigenvalue weighted by atomic mass is 32.2. The maximum absolute atomic E-state index is 13.1. The van der Waals surface area contributed by atoms with E-state index in [1.54, 1.807) is 12.1 Å². The summed E-state index contributed by atoms with van der Waals surface area (Å²) in [6, 6.07) is 16.3. The van der Waals surface area contributed by atoms with Crippen LogP contribution in [0.4, 0.5) is 0 Å². The number of fused-ring (bicyclic) bond motifs is 1. The van der Waals surface area contributed by atoms with Crippen LogP contribution in [0.3, 0.4) is 0 Å². The summed E-state index contributed by atoms with van der Waals surface area (Å²) in [6.07, 6.45) is 0.280. The van der Waals surface area contributed by atoms with Crippen LogP contribution < -0.4 is 5.73 Å². The summed E-state index contributed by atoms with van der Waals surface area (Å²) >= 11 is 0. The van der Waals surface area contributed by atoms with E-state index in [-0.39, 0.29) is 12.5 Å². The molecule has 0 aliphatic carbocycles. The van der Waals surface area contributed by atoms with Gasteiger partial charge in [0, 0.05) is 19.1 Å². The first kappa shape index (κ1) is 19.0. The van der Waals surface area contributed by atoms with E-state index in [4.69, 9.17) is 5.73 Å². The Morgan fingerprint density at radius 1 is 1.15 bits per heavy atom. The van der Waals surface area contributed by atoms with Gasteiger partial charge >= 0.3 is 0 Å². The van der Waals surface area contributed by atoms with Crippen molar-refractivity contribution in [2.24, 2.45) is 11.7 Å². The quantitative estimate of drug-likeness (QED) is 0.836. The highest BCUT2D eigenvalue weighted by Gasteiger charge is 2.34. The molecule has 0 aromatic heterocycles. The maximum atomic E-state index is 13.1. The lowest BCUT2D eigenvalue weighted by Crippen LogP contribution is -2.47. The van der Waals surface area contributed by atoms with Gasteiger partial charge in [0.05, 0.1) is 11.0 Å². The van der Waals surface area contributed by atoms with Crippen molar-refractivity contribution < 1.29 is 13.5 Å². The van der Waals surface area contributed by atoms with Gasteiger partial charge in [-0.2, -0.15) is 4.31 Å². The van der Waals surface area contributed by atoms with Gasteiger partial charge in [-0.1, -0.05) is 55.5 Å². The highest BCUT2D eigenvalue weighted by molar-refractivity contribution is 7.89. The predicted octanol–water partition coefficient (Wildman–Crippen LogP) is 1.80. The Kier molecular flexibility index (Phi) is 5.77. The number of nitrogens with two attached hydrogens (primary N) is 1. The van der Waals surface area contributed by atoms with Crippen LogP contribution in [0, 0.1) is 5.92 Å². The molecule has 0 radical (unpaired) electrons. The summed E-state index contributed by atoms with van der Waals surface area (Å²) in [7, 11) is -3.64. The van der Waals surface area contributed by atoms with E-state index < -0.39 is 22.2 Å². The average Bonchev–Trinajstić information content (AvgIpc) is 2.70. The number of aliphatic hydroxyl groups excluding tert-OH is 1. The van der Waals surface area contributed by atoms with Crippen LogP contribution in [0.1, 0.15) is 18.1 Å². The summed E-state index contributed by atoms with van der Waals surface area (Å²) in [5, 5.41) is 10.6. The smallest absolute Gasteiger partial charge is 0.243 e. The molecular formula is C20H26N2O3S. The van der Waals surface area contributed by atoms with Crippen molar-refractivity contribution in [1.29, 1.82) is 0 Å². The van der Waals surface area contributed by atoms with Gasteiger partial charge in [0.2, 0.25) is 10.0 Å². The molecule has 1 heterocycles. The monoisotopic (exact) mass is 374 g/mol.